The molecule has 0 heterocycles. The van der Waals surface area contributed by atoms with Gasteiger partial charge in [0.2, 0.25) is 0 Å². The lowest BCUT2D eigenvalue weighted by molar-refractivity contribution is -0.164. The molecule has 0 aliphatic heterocycles. The van der Waals surface area contributed by atoms with Crippen molar-refractivity contribution in [1.29, 1.82) is 0 Å². The highest BCUT2D eigenvalue weighted by Crippen LogP contribution is 2.34. The molecule has 0 aromatic carbocycles. The third-order valence-corrected chi connectivity index (χ3v) is 4.75. The molecule has 1 rings (SSSR count). The molecule has 4 heteroatoms. The van der Waals surface area contributed by atoms with E-state index in [0.29, 0.717) is 25.4 Å². The Labute approximate surface area is 134 Å². The average Bonchev–Trinajstić information content (AvgIpc) is 2.51. The maximum absolute atomic E-state index is 12.0. The van der Waals surface area contributed by atoms with Crippen LogP contribution in [0.3, 0.4) is 0 Å². The van der Waals surface area contributed by atoms with Gasteiger partial charge in [0.1, 0.15) is 5.60 Å². The molecule has 22 heavy (non-hydrogen) atoms. The highest BCUT2D eigenvalue weighted by molar-refractivity contribution is 5.72. The molecule has 0 spiro atoms. The van der Waals surface area contributed by atoms with Gasteiger partial charge in [0.15, 0.2) is 0 Å². The predicted molar refractivity (Wildman–Crippen MR) is 86.4 cm³/mol. The highest BCUT2D eigenvalue weighted by Gasteiger charge is 2.33. The lowest BCUT2D eigenvalue weighted by atomic mass is 9.79. The minimum Gasteiger partial charge on any atom is -0.465 e. The van der Waals surface area contributed by atoms with Crippen LogP contribution in [0.2, 0.25) is 0 Å². The summed E-state index contributed by atoms with van der Waals surface area (Å²) in [5.74, 6) is 0.0270. The molecule has 0 N–H and O–H groups in total. The first-order valence-electron chi connectivity index (χ1n) is 8.75. The molecule has 128 valence electrons. The fourth-order valence-electron chi connectivity index (χ4n) is 2.92. The average molecular weight is 312 g/mol. The Kier molecular flexibility index (Phi) is 7.91. The zero-order valence-electron chi connectivity index (χ0n) is 14.7. The summed E-state index contributed by atoms with van der Waals surface area (Å²) in [6.07, 6.45) is 7.66. The minimum atomic E-state index is -0.384. The van der Waals surface area contributed by atoms with Gasteiger partial charge in [-0.2, -0.15) is 0 Å². The number of ether oxygens (including phenoxy) is 2. The Balaban J connectivity index is 2.23. The Morgan fingerprint density at radius 3 is 2.41 bits per heavy atom. The van der Waals surface area contributed by atoms with Gasteiger partial charge < -0.3 is 9.47 Å². The first kappa shape index (κ1) is 19.0. The van der Waals surface area contributed by atoms with Gasteiger partial charge in [-0.05, 0) is 45.4 Å². The summed E-state index contributed by atoms with van der Waals surface area (Å²) < 4.78 is 10.8. The molecule has 0 saturated heterocycles. The Morgan fingerprint density at radius 1 is 1.18 bits per heavy atom. The second kappa shape index (κ2) is 9.16. The van der Waals surface area contributed by atoms with Crippen LogP contribution < -0.4 is 0 Å². The summed E-state index contributed by atoms with van der Waals surface area (Å²) in [4.78, 5) is 23.5. The van der Waals surface area contributed by atoms with Gasteiger partial charge in [0, 0.05) is 6.42 Å². The van der Waals surface area contributed by atoms with Gasteiger partial charge >= 0.3 is 11.9 Å². The van der Waals surface area contributed by atoms with E-state index in [1.807, 2.05) is 27.7 Å². The summed E-state index contributed by atoms with van der Waals surface area (Å²) >= 11 is 0. The van der Waals surface area contributed by atoms with Crippen LogP contribution in [-0.4, -0.2) is 24.1 Å². The van der Waals surface area contributed by atoms with Crippen molar-refractivity contribution in [3.8, 4) is 0 Å². The zero-order chi connectivity index (χ0) is 16.6. The summed E-state index contributed by atoms with van der Waals surface area (Å²) in [6.45, 7) is 8.13. The monoisotopic (exact) mass is 312 g/mol. The summed E-state index contributed by atoms with van der Waals surface area (Å²) in [5.41, 5.74) is -0.384. The topological polar surface area (TPSA) is 52.6 Å². The maximum Gasteiger partial charge on any atom is 0.308 e. The predicted octanol–water partition coefficient (Wildman–Crippen LogP) is 4.26. The lowest BCUT2D eigenvalue weighted by Crippen LogP contribution is -2.37. The van der Waals surface area contributed by atoms with Crippen LogP contribution in [0.15, 0.2) is 0 Å². The Hall–Kier alpha value is -1.06. The molecule has 1 fully saturated rings. The van der Waals surface area contributed by atoms with E-state index in [9.17, 15) is 9.59 Å². The first-order chi connectivity index (χ1) is 10.4. The van der Waals surface area contributed by atoms with Gasteiger partial charge in [0.25, 0.3) is 0 Å². The van der Waals surface area contributed by atoms with Gasteiger partial charge in [-0.15, -0.1) is 0 Å². The van der Waals surface area contributed by atoms with Crippen LogP contribution in [0, 0.1) is 11.8 Å². The van der Waals surface area contributed by atoms with E-state index in [1.54, 1.807) is 0 Å². The normalized spacial score (nSPS) is 17.8. The molecule has 0 aromatic rings. The maximum atomic E-state index is 12.0. The van der Waals surface area contributed by atoms with Crippen molar-refractivity contribution in [3.63, 3.8) is 0 Å². The van der Waals surface area contributed by atoms with Crippen molar-refractivity contribution < 1.29 is 19.1 Å². The largest absolute Gasteiger partial charge is 0.465 e. The molecule has 1 aliphatic carbocycles. The number of rotatable bonds is 8. The Morgan fingerprint density at radius 2 is 1.82 bits per heavy atom. The van der Waals surface area contributed by atoms with Crippen LogP contribution in [0.4, 0.5) is 0 Å². The van der Waals surface area contributed by atoms with Crippen molar-refractivity contribution in [1.82, 2.24) is 0 Å². The molecule has 1 atom stereocenters. The van der Waals surface area contributed by atoms with E-state index in [1.165, 1.54) is 19.3 Å². The Bertz CT molecular complexity index is 356. The van der Waals surface area contributed by atoms with E-state index >= 15 is 0 Å². The number of hydrogen-bond acceptors (Lipinski definition) is 4. The second-order valence-corrected chi connectivity index (χ2v) is 6.99. The SMILES string of the molecule is CCC(C)C(=O)OCCCC(=O)OC(C)(C)C1CCCCC1. The number of esters is 2. The standard InChI is InChI=1S/C18H32O4/c1-5-14(2)17(20)21-13-9-12-16(19)22-18(3,4)15-10-7-6-8-11-15/h14-15H,5-13H2,1-4H3. The molecule has 0 bridgehead atoms. The fourth-order valence-corrected chi connectivity index (χ4v) is 2.92. The summed E-state index contributed by atoms with van der Waals surface area (Å²) in [7, 11) is 0. The molecular weight excluding hydrogens is 280 g/mol. The molecule has 0 amide bonds. The molecule has 0 aromatic heterocycles. The van der Waals surface area contributed by atoms with Crippen LogP contribution in [0.1, 0.15) is 79.1 Å². The molecule has 1 unspecified atom stereocenters. The van der Waals surface area contributed by atoms with E-state index in [2.05, 4.69) is 0 Å². The van der Waals surface area contributed by atoms with Crippen LogP contribution in [0.5, 0.6) is 0 Å². The summed E-state index contributed by atoms with van der Waals surface area (Å²) in [6, 6.07) is 0. The van der Waals surface area contributed by atoms with Crippen molar-refractivity contribution in [2.45, 2.75) is 84.7 Å². The van der Waals surface area contributed by atoms with E-state index in [-0.39, 0.29) is 23.5 Å². The van der Waals surface area contributed by atoms with Crippen LogP contribution in [-0.2, 0) is 19.1 Å². The van der Waals surface area contributed by atoms with E-state index < -0.39 is 0 Å². The van der Waals surface area contributed by atoms with E-state index in [4.69, 9.17) is 9.47 Å². The van der Waals surface area contributed by atoms with E-state index in [0.717, 1.165) is 19.3 Å². The number of hydrogen-bond donors (Lipinski definition) is 0. The van der Waals surface area contributed by atoms with Crippen LogP contribution in [0.25, 0.3) is 0 Å². The number of carbonyl (C=O) groups excluding carboxylic acids is 2. The fraction of sp³-hybridized carbons (Fsp3) is 0.889. The third kappa shape index (κ3) is 6.37. The highest BCUT2D eigenvalue weighted by atomic mass is 16.6. The quantitative estimate of drug-likeness (QED) is 0.496. The molecule has 4 nitrogen and oxygen atoms in total. The molecule has 0 radical (unpaired) electrons. The van der Waals surface area contributed by atoms with Crippen molar-refractivity contribution >= 4 is 11.9 Å². The second-order valence-electron chi connectivity index (χ2n) is 6.99. The smallest absolute Gasteiger partial charge is 0.308 e. The third-order valence-electron chi connectivity index (χ3n) is 4.75. The molecular formula is C18H32O4. The first-order valence-corrected chi connectivity index (χ1v) is 8.75. The zero-order valence-corrected chi connectivity index (χ0v) is 14.7. The van der Waals surface area contributed by atoms with Gasteiger partial charge in [0.05, 0.1) is 12.5 Å². The molecule has 1 aliphatic rings. The summed E-state index contributed by atoms with van der Waals surface area (Å²) in [5, 5.41) is 0. The van der Waals surface area contributed by atoms with Crippen LogP contribution >= 0.6 is 0 Å². The van der Waals surface area contributed by atoms with Crippen molar-refractivity contribution in [2.24, 2.45) is 11.8 Å². The van der Waals surface area contributed by atoms with Gasteiger partial charge in [-0.1, -0.05) is 33.1 Å². The van der Waals surface area contributed by atoms with Gasteiger partial charge in [-0.3, -0.25) is 9.59 Å². The lowest BCUT2D eigenvalue weighted by Gasteiger charge is -2.36. The van der Waals surface area contributed by atoms with Crippen molar-refractivity contribution in [3.05, 3.63) is 0 Å². The van der Waals surface area contributed by atoms with Crippen molar-refractivity contribution in [2.75, 3.05) is 6.61 Å². The molecule has 1 saturated carbocycles. The van der Waals surface area contributed by atoms with Gasteiger partial charge in [-0.25, -0.2) is 0 Å². The minimum absolute atomic E-state index is 0.0720. The number of carbonyl (C=O) groups is 2.